The Morgan fingerprint density at radius 3 is 2.55 bits per heavy atom. The van der Waals surface area contributed by atoms with Gasteiger partial charge in [0.2, 0.25) is 5.89 Å². The normalized spacial score (nSPS) is 16.5. The van der Waals surface area contributed by atoms with Crippen molar-refractivity contribution < 1.29 is 9.32 Å². The van der Waals surface area contributed by atoms with Crippen LogP contribution in [-0.4, -0.2) is 43.8 Å². The number of fused-ring (bicyclic) bond motifs is 1. The molecule has 0 N–H and O–H groups in total. The van der Waals surface area contributed by atoms with Gasteiger partial charge in [0.1, 0.15) is 0 Å². The lowest BCUT2D eigenvalue weighted by atomic mass is 9.97. The number of nitrogens with zero attached hydrogens (tertiary/aromatic N) is 5. The van der Waals surface area contributed by atoms with Gasteiger partial charge in [0.05, 0.1) is 17.0 Å². The molecule has 0 saturated carbocycles. The van der Waals surface area contributed by atoms with Crippen molar-refractivity contribution in [1.29, 1.82) is 0 Å². The molecule has 156 valence electrons. The van der Waals surface area contributed by atoms with Crippen LogP contribution in [0.1, 0.15) is 41.0 Å². The summed E-state index contributed by atoms with van der Waals surface area (Å²) in [4.78, 5) is 32.7. The van der Waals surface area contributed by atoms with Crippen LogP contribution in [0.3, 0.4) is 0 Å². The summed E-state index contributed by atoms with van der Waals surface area (Å²) in [6.45, 7) is 2.87. The molecule has 5 rings (SSSR count). The zero-order valence-electron chi connectivity index (χ0n) is 17.1. The number of aryl methyl sites for hydroxylation is 1. The lowest BCUT2D eigenvalue weighted by Crippen LogP contribution is -2.40. The van der Waals surface area contributed by atoms with E-state index in [4.69, 9.17) is 4.52 Å². The molecule has 8 nitrogen and oxygen atoms in total. The first-order chi connectivity index (χ1) is 15.1. The van der Waals surface area contributed by atoms with Crippen molar-refractivity contribution in [3.63, 3.8) is 0 Å². The quantitative estimate of drug-likeness (QED) is 0.510. The molecular weight excluding hydrogens is 394 g/mol. The lowest BCUT2D eigenvalue weighted by Gasteiger charge is -2.31. The third-order valence-electron chi connectivity index (χ3n) is 5.61. The second-order valence-electron chi connectivity index (χ2n) is 7.72. The van der Waals surface area contributed by atoms with Crippen LogP contribution >= 0.6 is 0 Å². The Hall–Kier alpha value is -3.81. The average molecular weight is 415 g/mol. The van der Waals surface area contributed by atoms with Gasteiger partial charge < -0.3 is 9.42 Å². The monoisotopic (exact) mass is 415 g/mol. The minimum absolute atomic E-state index is 0.00908. The highest BCUT2D eigenvalue weighted by Gasteiger charge is 2.30. The van der Waals surface area contributed by atoms with Crippen LogP contribution in [0.25, 0.3) is 16.5 Å². The van der Waals surface area contributed by atoms with Crippen LogP contribution in [0.5, 0.6) is 0 Å². The summed E-state index contributed by atoms with van der Waals surface area (Å²) >= 11 is 0. The maximum atomic E-state index is 13.6. The van der Waals surface area contributed by atoms with Crippen LogP contribution < -0.4 is 5.56 Å². The predicted molar refractivity (Wildman–Crippen MR) is 114 cm³/mol. The van der Waals surface area contributed by atoms with Crippen molar-refractivity contribution in [3.05, 3.63) is 82.4 Å². The highest BCUT2D eigenvalue weighted by Crippen LogP contribution is 2.27. The predicted octanol–water partition coefficient (Wildman–Crippen LogP) is 3.10. The maximum Gasteiger partial charge on any atom is 0.279 e. The molecule has 1 aliphatic rings. The molecule has 1 atom stereocenters. The van der Waals surface area contributed by atoms with Gasteiger partial charge in [-0.25, -0.2) is 0 Å². The lowest BCUT2D eigenvalue weighted by molar-refractivity contribution is 0.0690. The first kappa shape index (κ1) is 19.2. The van der Waals surface area contributed by atoms with Gasteiger partial charge in [-0.3, -0.25) is 9.59 Å². The van der Waals surface area contributed by atoms with Gasteiger partial charge in [0.15, 0.2) is 11.5 Å². The molecule has 4 aromatic rings. The summed E-state index contributed by atoms with van der Waals surface area (Å²) < 4.78 is 6.64. The van der Waals surface area contributed by atoms with Gasteiger partial charge in [-0.15, -0.1) is 0 Å². The fourth-order valence-corrected chi connectivity index (χ4v) is 4.08. The molecule has 1 amide bonds. The number of para-hydroxylation sites is 1. The summed E-state index contributed by atoms with van der Waals surface area (Å²) in [6.07, 6.45) is 1.71. The summed E-state index contributed by atoms with van der Waals surface area (Å²) in [5.74, 6) is 0.926. The van der Waals surface area contributed by atoms with E-state index in [9.17, 15) is 9.59 Å². The van der Waals surface area contributed by atoms with Crippen molar-refractivity contribution in [3.8, 4) is 5.69 Å². The van der Waals surface area contributed by atoms with E-state index in [1.165, 1.54) is 4.68 Å². The number of hydrogen-bond donors (Lipinski definition) is 0. The van der Waals surface area contributed by atoms with E-state index >= 15 is 0 Å². The number of amides is 1. The number of hydrogen-bond acceptors (Lipinski definition) is 6. The van der Waals surface area contributed by atoms with Gasteiger partial charge in [-0.05, 0) is 38.0 Å². The van der Waals surface area contributed by atoms with E-state index in [2.05, 4.69) is 15.2 Å². The Morgan fingerprint density at radius 2 is 1.81 bits per heavy atom. The summed E-state index contributed by atoms with van der Waals surface area (Å²) in [7, 11) is 0. The standard InChI is InChI=1S/C23H21N5O3/c1-15-24-21(31-26-15)16-8-7-13-27(14-16)23(30)20-18-11-5-6-12-19(18)22(29)28(25-20)17-9-3-2-4-10-17/h2-6,9-12,16H,7-8,13-14H2,1H3/t16-/m1/s1. The number of likely N-dealkylation sites (tertiary alicyclic amines) is 1. The fourth-order valence-electron chi connectivity index (χ4n) is 4.08. The third kappa shape index (κ3) is 3.50. The zero-order chi connectivity index (χ0) is 21.4. The van der Waals surface area contributed by atoms with E-state index < -0.39 is 0 Å². The van der Waals surface area contributed by atoms with Crippen LogP contribution in [-0.2, 0) is 0 Å². The molecule has 0 unspecified atom stereocenters. The number of rotatable bonds is 3. The van der Waals surface area contributed by atoms with Crippen molar-refractivity contribution in [1.82, 2.24) is 24.8 Å². The molecule has 1 saturated heterocycles. The van der Waals surface area contributed by atoms with E-state index in [0.717, 1.165) is 12.8 Å². The SMILES string of the molecule is Cc1noc([C@@H]2CCCN(C(=O)c3nn(-c4ccccc4)c(=O)c4ccccc34)C2)n1. The topological polar surface area (TPSA) is 94.1 Å². The second-order valence-corrected chi connectivity index (χ2v) is 7.72. The molecule has 0 radical (unpaired) electrons. The maximum absolute atomic E-state index is 13.6. The van der Waals surface area contributed by atoms with E-state index in [-0.39, 0.29) is 23.1 Å². The zero-order valence-corrected chi connectivity index (χ0v) is 17.1. The van der Waals surface area contributed by atoms with Crippen LogP contribution in [0, 0.1) is 6.92 Å². The van der Waals surface area contributed by atoms with Gasteiger partial charge in [-0.2, -0.15) is 14.8 Å². The van der Waals surface area contributed by atoms with Gasteiger partial charge in [-0.1, -0.05) is 41.6 Å². The number of aromatic nitrogens is 4. The van der Waals surface area contributed by atoms with Crippen molar-refractivity contribution >= 4 is 16.7 Å². The Kier molecular flexibility index (Phi) is 4.82. The van der Waals surface area contributed by atoms with Crippen molar-refractivity contribution in [2.75, 3.05) is 13.1 Å². The first-order valence-electron chi connectivity index (χ1n) is 10.3. The molecule has 8 heteroatoms. The minimum atomic E-state index is -0.254. The molecule has 3 heterocycles. The summed E-state index contributed by atoms with van der Waals surface area (Å²) in [5.41, 5.74) is 0.628. The number of carbonyl (C=O) groups excluding carboxylic acids is 1. The van der Waals surface area contributed by atoms with Crippen LogP contribution in [0.4, 0.5) is 0 Å². The minimum Gasteiger partial charge on any atom is -0.339 e. The number of piperidine rings is 1. The molecular formula is C23H21N5O3. The van der Waals surface area contributed by atoms with Crippen LogP contribution in [0.15, 0.2) is 63.9 Å². The van der Waals surface area contributed by atoms with Crippen molar-refractivity contribution in [2.24, 2.45) is 0 Å². The largest absolute Gasteiger partial charge is 0.339 e. The van der Waals surface area contributed by atoms with Gasteiger partial charge in [0.25, 0.3) is 11.5 Å². The van der Waals surface area contributed by atoms with Crippen LogP contribution in [0.2, 0.25) is 0 Å². The molecule has 2 aromatic heterocycles. The Balaban J connectivity index is 1.57. The van der Waals surface area contributed by atoms with Crippen molar-refractivity contribution in [2.45, 2.75) is 25.7 Å². The second kappa shape index (κ2) is 7.79. The van der Waals surface area contributed by atoms with Gasteiger partial charge >= 0.3 is 0 Å². The number of carbonyl (C=O) groups is 1. The Morgan fingerprint density at radius 1 is 1.06 bits per heavy atom. The first-order valence-corrected chi connectivity index (χ1v) is 10.3. The molecule has 1 aliphatic heterocycles. The molecule has 0 spiro atoms. The molecule has 2 aromatic carbocycles. The average Bonchev–Trinajstić information content (AvgIpc) is 3.26. The highest BCUT2D eigenvalue weighted by atomic mass is 16.5. The van der Waals surface area contributed by atoms with E-state index in [1.807, 2.05) is 24.3 Å². The summed E-state index contributed by atoms with van der Waals surface area (Å²) in [5, 5.41) is 9.40. The molecule has 0 bridgehead atoms. The smallest absolute Gasteiger partial charge is 0.279 e. The molecule has 0 aliphatic carbocycles. The fraction of sp³-hybridized carbons (Fsp3) is 0.261. The molecule has 31 heavy (non-hydrogen) atoms. The Labute approximate surface area is 178 Å². The van der Waals surface area contributed by atoms with E-state index in [0.29, 0.717) is 41.3 Å². The third-order valence-corrected chi connectivity index (χ3v) is 5.61. The number of benzene rings is 2. The van der Waals surface area contributed by atoms with Gasteiger partial charge in [0, 0.05) is 18.5 Å². The Bertz CT molecular complexity index is 1310. The van der Waals surface area contributed by atoms with E-state index in [1.54, 1.807) is 42.2 Å². The summed E-state index contributed by atoms with van der Waals surface area (Å²) in [6, 6.07) is 16.2. The molecule has 1 fully saturated rings. The highest BCUT2D eigenvalue weighted by molar-refractivity contribution is 6.04.